The molecular formula is C30H60N2O7. The van der Waals surface area contributed by atoms with E-state index in [1.807, 2.05) is 0 Å². The fourth-order valence-corrected chi connectivity index (χ4v) is 4.80. The van der Waals surface area contributed by atoms with Crippen molar-refractivity contribution < 1.29 is 24.1 Å². The van der Waals surface area contributed by atoms with Crippen LogP contribution in [0, 0.1) is 20.2 Å². The molecule has 0 aromatic carbocycles. The summed E-state index contributed by atoms with van der Waals surface area (Å²) in [7, 11) is 0. The summed E-state index contributed by atoms with van der Waals surface area (Å²) >= 11 is 0. The van der Waals surface area contributed by atoms with Gasteiger partial charge in [0.2, 0.25) is 13.1 Å². The van der Waals surface area contributed by atoms with Crippen LogP contribution in [-0.4, -0.2) is 61.6 Å². The van der Waals surface area contributed by atoms with Crippen LogP contribution in [0.4, 0.5) is 0 Å². The van der Waals surface area contributed by atoms with Crippen molar-refractivity contribution in [3.05, 3.63) is 20.2 Å². The van der Waals surface area contributed by atoms with Crippen LogP contribution in [0.2, 0.25) is 0 Å². The van der Waals surface area contributed by atoms with Crippen LogP contribution in [0.5, 0.6) is 0 Å². The lowest BCUT2D eigenvalue weighted by Crippen LogP contribution is -2.26. The van der Waals surface area contributed by atoms with E-state index in [2.05, 4.69) is 13.8 Å². The van der Waals surface area contributed by atoms with Gasteiger partial charge >= 0.3 is 0 Å². The fraction of sp³-hybridized carbons (Fsp3) is 1.00. The van der Waals surface area contributed by atoms with Crippen molar-refractivity contribution in [2.75, 3.05) is 39.5 Å². The highest BCUT2D eigenvalue weighted by Crippen LogP contribution is 2.14. The van der Waals surface area contributed by atoms with Gasteiger partial charge in [-0.2, -0.15) is 0 Å². The first kappa shape index (κ1) is 37.7. The number of hydrogen-bond donors (Lipinski definition) is 0. The fourth-order valence-electron chi connectivity index (χ4n) is 4.80. The van der Waals surface area contributed by atoms with Crippen LogP contribution in [0.15, 0.2) is 0 Å². The third-order valence-corrected chi connectivity index (χ3v) is 7.13. The zero-order valence-electron chi connectivity index (χ0n) is 25.3. The number of ether oxygens (including phenoxy) is 3. The monoisotopic (exact) mass is 560 g/mol. The lowest BCUT2D eigenvalue weighted by Gasteiger charge is -2.16. The predicted molar refractivity (Wildman–Crippen MR) is 158 cm³/mol. The van der Waals surface area contributed by atoms with Crippen LogP contribution in [-0.2, 0) is 14.2 Å². The van der Waals surface area contributed by atoms with Gasteiger partial charge in [0, 0.05) is 9.85 Å². The number of unbranched alkanes of at least 4 members (excludes halogenated alkanes) is 16. The Morgan fingerprint density at radius 3 is 1.10 bits per heavy atom. The lowest BCUT2D eigenvalue weighted by molar-refractivity contribution is -0.492. The highest BCUT2D eigenvalue weighted by Gasteiger charge is 2.17. The molecule has 0 saturated carbocycles. The van der Waals surface area contributed by atoms with E-state index >= 15 is 0 Å². The van der Waals surface area contributed by atoms with Gasteiger partial charge in [0.25, 0.3) is 0 Å². The molecule has 0 fully saturated rings. The molecule has 0 saturated heterocycles. The molecule has 0 rings (SSSR count). The molecule has 0 aliphatic rings. The van der Waals surface area contributed by atoms with Gasteiger partial charge in [-0.05, 0) is 12.8 Å². The van der Waals surface area contributed by atoms with Crippen molar-refractivity contribution in [1.29, 1.82) is 0 Å². The van der Waals surface area contributed by atoms with Crippen LogP contribution in [0.25, 0.3) is 0 Å². The smallest absolute Gasteiger partial charge is 0.229 e. The molecule has 232 valence electrons. The van der Waals surface area contributed by atoms with Crippen molar-refractivity contribution in [3.63, 3.8) is 0 Å². The van der Waals surface area contributed by atoms with Gasteiger partial charge < -0.3 is 14.2 Å². The second kappa shape index (κ2) is 29.7. The first-order valence-electron chi connectivity index (χ1n) is 16.0. The van der Waals surface area contributed by atoms with Gasteiger partial charge in [0.05, 0.1) is 26.4 Å². The minimum atomic E-state index is -0.384. The quantitative estimate of drug-likeness (QED) is 0.0463. The molecular weight excluding hydrogens is 500 g/mol. The maximum absolute atomic E-state index is 11.0. The third kappa shape index (κ3) is 29.5. The molecule has 2 atom stereocenters. The van der Waals surface area contributed by atoms with E-state index in [-0.39, 0.29) is 35.1 Å². The average molecular weight is 561 g/mol. The minimum absolute atomic E-state index is 0.179. The molecule has 0 amide bonds. The Bertz CT molecular complexity index is 505. The summed E-state index contributed by atoms with van der Waals surface area (Å²) in [5, 5.41) is 22.0. The Hall–Kier alpha value is -1.32. The van der Waals surface area contributed by atoms with Gasteiger partial charge in [-0.3, -0.25) is 20.2 Å². The maximum Gasteiger partial charge on any atom is 0.229 e. The summed E-state index contributed by atoms with van der Waals surface area (Å²) in [6.07, 6.45) is 22.5. The maximum atomic E-state index is 11.0. The molecule has 0 aliphatic carbocycles. The molecule has 0 radical (unpaired) electrons. The topological polar surface area (TPSA) is 114 Å². The first-order chi connectivity index (χ1) is 19.0. The largest absolute Gasteiger partial charge is 0.377 e. The molecule has 39 heavy (non-hydrogen) atoms. The molecule has 0 N–H and O–H groups in total. The van der Waals surface area contributed by atoms with E-state index in [0.717, 1.165) is 25.7 Å². The van der Waals surface area contributed by atoms with Crippen molar-refractivity contribution in [2.45, 2.75) is 154 Å². The Kier molecular flexibility index (Phi) is 28.7. The van der Waals surface area contributed by atoms with Crippen LogP contribution in [0.1, 0.15) is 142 Å². The SMILES string of the molecule is CCCCCCCCCCCC(C[N+](=O)[O-])OCCOCCOC(CCCCCCCCCCC)C[N+](=O)[O-]. The summed E-state index contributed by atoms with van der Waals surface area (Å²) in [6.45, 7) is 5.34. The van der Waals surface area contributed by atoms with Gasteiger partial charge in [-0.25, -0.2) is 0 Å². The van der Waals surface area contributed by atoms with E-state index in [9.17, 15) is 20.2 Å². The van der Waals surface area contributed by atoms with Gasteiger partial charge in [0.1, 0.15) is 12.2 Å². The molecule has 9 nitrogen and oxygen atoms in total. The Labute approximate surface area is 238 Å². The van der Waals surface area contributed by atoms with E-state index in [1.165, 1.54) is 89.9 Å². The normalized spacial score (nSPS) is 13.0. The number of rotatable bonds is 32. The van der Waals surface area contributed by atoms with E-state index in [1.54, 1.807) is 0 Å². The second-order valence-corrected chi connectivity index (χ2v) is 10.9. The number of nitro groups is 2. The van der Waals surface area contributed by atoms with Crippen molar-refractivity contribution in [2.24, 2.45) is 0 Å². The molecule has 2 unspecified atom stereocenters. The highest BCUT2D eigenvalue weighted by molar-refractivity contribution is 4.59. The minimum Gasteiger partial charge on any atom is -0.377 e. The van der Waals surface area contributed by atoms with E-state index in [4.69, 9.17) is 14.2 Å². The lowest BCUT2D eigenvalue weighted by atomic mass is 10.1. The summed E-state index contributed by atoms with van der Waals surface area (Å²) in [5.74, 6) is 0. The third-order valence-electron chi connectivity index (χ3n) is 7.13. The average Bonchev–Trinajstić information content (AvgIpc) is 2.89. The molecule has 0 aromatic rings. The van der Waals surface area contributed by atoms with Crippen molar-refractivity contribution in [3.8, 4) is 0 Å². The molecule has 9 heteroatoms. The number of nitrogens with zero attached hydrogens (tertiary/aromatic N) is 2. The van der Waals surface area contributed by atoms with E-state index < -0.39 is 0 Å². The van der Waals surface area contributed by atoms with Crippen molar-refractivity contribution in [1.82, 2.24) is 0 Å². The van der Waals surface area contributed by atoms with Crippen LogP contribution >= 0.6 is 0 Å². The zero-order chi connectivity index (χ0) is 28.8. The summed E-state index contributed by atoms with van der Waals surface area (Å²) < 4.78 is 17.0. The highest BCUT2D eigenvalue weighted by atomic mass is 16.6. The Morgan fingerprint density at radius 1 is 0.487 bits per heavy atom. The van der Waals surface area contributed by atoms with Gasteiger partial charge in [-0.15, -0.1) is 0 Å². The summed E-state index contributed by atoms with van der Waals surface area (Å²) in [5.41, 5.74) is 0. The Balaban J connectivity index is 3.89. The summed E-state index contributed by atoms with van der Waals surface area (Å²) in [4.78, 5) is 21.4. The van der Waals surface area contributed by atoms with Gasteiger partial charge in [0.15, 0.2) is 0 Å². The van der Waals surface area contributed by atoms with Crippen LogP contribution < -0.4 is 0 Å². The van der Waals surface area contributed by atoms with Gasteiger partial charge in [-0.1, -0.05) is 129 Å². The number of hydrogen-bond acceptors (Lipinski definition) is 7. The second-order valence-electron chi connectivity index (χ2n) is 10.9. The molecule has 0 aliphatic heterocycles. The van der Waals surface area contributed by atoms with E-state index in [0.29, 0.717) is 39.3 Å². The van der Waals surface area contributed by atoms with Crippen molar-refractivity contribution >= 4 is 0 Å². The molecule has 0 aromatic heterocycles. The summed E-state index contributed by atoms with van der Waals surface area (Å²) in [6, 6.07) is 0. The standard InChI is InChI=1S/C30H60N2O7/c1-3-5-7-9-11-13-15-17-19-21-29(27-31(33)34)38-25-23-37-24-26-39-30(28-32(35)36)22-20-18-16-14-12-10-8-6-4-2/h29-30H,3-28H2,1-2H3. The predicted octanol–water partition coefficient (Wildman–Crippen LogP) is 8.17. The molecule has 0 bridgehead atoms. The first-order valence-corrected chi connectivity index (χ1v) is 16.0. The zero-order valence-corrected chi connectivity index (χ0v) is 25.3. The Morgan fingerprint density at radius 2 is 0.795 bits per heavy atom. The molecule has 0 heterocycles. The molecule has 0 spiro atoms. The van der Waals surface area contributed by atoms with Crippen LogP contribution in [0.3, 0.4) is 0 Å².